The highest BCUT2D eigenvalue weighted by Gasteiger charge is 2.38. The SMILES string of the molecule is NC1CCOC(Cc2ccccc2)(c2ccccc2)C1. The van der Waals surface area contributed by atoms with Crippen molar-refractivity contribution in [1.82, 2.24) is 0 Å². The Kier molecular flexibility index (Phi) is 3.86. The first-order chi connectivity index (χ1) is 9.78. The molecule has 104 valence electrons. The molecule has 2 N–H and O–H groups in total. The molecule has 0 spiro atoms. The molecule has 2 nitrogen and oxygen atoms in total. The van der Waals surface area contributed by atoms with E-state index in [-0.39, 0.29) is 11.6 Å². The third-order valence-corrected chi connectivity index (χ3v) is 4.09. The minimum Gasteiger partial charge on any atom is -0.370 e. The molecule has 3 rings (SSSR count). The van der Waals surface area contributed by atoms with Gasteiger partial charge in [0.15, 0.2) is 0 Å². The number of nitrogens with two attached hydrogens (primary N) is 1. The molecule has 0 bridgehead atoms. The lowest BCUT2D eigenvalue weighted by Crippen LogP contribution is -2.44. The monoisotopic (exact) mass is 267 g/mol. The van der Waals surface area contributed by atoms with Gasteiger partial charge in [-0.15, -0.1) is 0 Å². The summed E-state index contributed by atoms with van der Waals surface area (Å²) in [5.74, 6) is 0. The van der Waals surface area contributed by atoms with Crippen molar-refractivity contribution < 1.29 is 4.74 Å². The van der Waals surface area contributed by atoms with Crippen molar-refractivity contribution in [2.24, 2.45) is 5.73 Å². The van der Waals surface area contributed by atoms with Gasteiger partial charge in [0, 0.05) is 19.1 Å². The van der Waals surface area contributed by atoms with Crippen LogP contribution in [0, 0.1) is 0 Å². The predicted molar refractivity (Wildman–Crippen MR) is 81.4 cm³/mol. The van der Waals surface area contributed by atoms with Crippen LogP contribution in [0.5, 0.6) is 0 Å². The van der Waals surface area contributed by atoms with Gasteiger partial charge in [0.05, 0.1) is 5.60 Å². The third-order valence-electron chi connectivity index (χ3n) is 4.09. The highest BCUT2D eigenvalue weighted by molar-refractivity contribution is 5.28. The molecule has 2 unspecified atom stereocenters. The summed E-state index contributed by atoms with van der Waals surface area (Å²) in [5.41, 5.74) is 8.48. The van der Waals surface area contributed by atoms with E-state index < -0.39 is 0 Å². The first-order valence-corrected chi connectivity index (χ1v) is 7.27. The van der Waals surface area contributed by atoms with E-state index in [4.69, 9.17) is 10.5 Å². The van der Waals surface area contributed by atoms with Gasteiger partial charge in [-0.1, -0.05) is 60.7 Å². The van der Waals surface area contributed by atoms with E-state index in [1.54, 1.807) is 0 Å². The Morgan fingerprint density at radius 2 is 1.65 bits per heavy atom. The molecule has 1 aliphatic heterocycles. The van der Waals surface area contributed by atoms with Crippen molar-refractivity contribution in [3.63, 3.8) is 0 Å². The van der Waals surface area contributed by atoms with Crippen LogP contribution in [-0.4, -0.2) is 12.6 Å². The van der Waals surface area contributed by atoms with Crippen molar-refractivity contribution >= 4 is 0 Å². The highest BCUT2D eigenvalue weighted by atomic mass is 16.5. The van der Waals surface area contributed by atoms with E-state index in [9.17, 15) is 0 Å². The Hall–Kier alpha value is -1.64. The number of benzene rings is 2. The van der Waals surface area contributed by atoms with Gasteiger partial charge < -0.3 is 10.5 Å². The van der Waals surface area contributed by atoms with Gasteiger partial charge in [0.2, 0.25) is 0 Å². The molecule has 2 atom stereocenters. The van der Waals surface area contributed by atoms with Gasteiger partial charge in [0.1, 0.15) is 0 Å². The number of ether oxygens (including phenoxy) is 1. The second kappa shape index (κ2) is 5.78. The lowest BCUT2D eigenvalue weighted by Gasteiger charge is -2.40. The van der Waals surface area contributed by atoms with E-state index in [2.05, 4.69) is 48.5 Å². The largest absolute Gasteiger partial charge is 0.370 e. The number of rotatable bonds is 3. The second-order valence-corrected chi connectivity index (χ2v) is 5.62. The summed E-state index contributed by atoms with van der Waals surface area (Å²) in [7, 11) is 0. The molecule has 0 saturated carbocycles. The average molecular weight is 267 g/mol. The third kappa shape index (κ3) is 2.77. The Morgan fingerprint density at radius 1 is 1.00 bits per heavy atom. The van der Waals surface area contributed by atoms with Crippen LogP contribution in [0.3, 0.4) is 0 Å². The maximum Gasteiger partial charge on any atom is 0.0986 e. The topological polar surface area (TPSA) is 35.2 Å². The van der Waals surface area contributed by atoms with Crippen LogP contribution in [0.4, 0.5) is 0 Å². The van der Waals surface area contributed by atoms with Crippen LogP contribution >= 0.6 is 0 Å². The van der Waals surface area contributed by atoms with Crippen LogP contribution < -0.4 is 5.73 Å². The minimum atomic E-state index is -0.277. The standard InChI is InChI=1S/C18H21NO/c19-17-11-12-20-18(14-17,16-9-5-2-6-10-16)13-15-7-3-1-4-8-15/h1-10,17H,11-14,19H2. The number of hydrogen-bond acceptors (Lipinski definition) is 2. The number of hydrogen-bond donors (Lipinski definition) is 1. The average Bonchev–Trinajstić information content (AvgIpc) is 2.49. The zero-order valence-electron chi connectivity index (χ0n) is 11.7. The zero-order chi connectivity index (χ0) is 13.8. The molecule has 1 saturated heterocycles. The molecule has 0 radical (unpaired) electrons. The molecule has 0 aliphatic carbocycles. The van der Waals surface area contributed by atoms with Crippen molar-refractivity contribution in [3.05, 3.63) is 71.8 Å². The van der Waals surface area contributed by atoms with Gasteiger partial charge in [-0.2, -0.15) is 0 Å². The zero-order valence-corrected chi connectivity index (χ0v) is 11.7. The maximum absolute atomic E-state index is 6.25. The molecule has 2 heteroatoms. The summed E-state index contributed by atoms with van der Waals surface area (Å²) < 4.78 is 6.25. The van der Waals surface area contributed by atoms with Crippen LogP contribution in [0.25, 0.3) is 0 Å². The summed E-state index contributed by atoms with van der Waals surface area (Å²) in [6, 6.07) is 21.2. The maximum atomic E-state index is 6.25. The van der Waals surface area contributed by atoms with E-state index >= 15 is 0 Å². The fourth-order valence-electron chi connectivity index (χ4n) is 3.08. The lowest BCUT2D eigenvalue weighted by molar-refractivity contribution is -0.0898. The van der Waals surface area contributed by atoms with Gasteiger partial charge in [-0.3, -0.25) is 0 Å². The molecule has 0 aromatic heterocycles. The first-order valence-electron chi connectivity index (χ1n) is 7.27. The predicted octanol–water partition coefficient (Wildman–Crippen LogP) is 3.26. The van der Waals surface area contributed by atoms with Gasteiger partial charge in [-0.25, -0.2) is 0 Å². The van der Waals surface area contributed by atoms with Crippen LogP contribution in [0.15, 0.2) is 60.7 Å². The van der Waals surface area contributed by atoms with Crippen molar-refractivity contribution in [2.75, 3.05) is 6.61 Å². The molecule has 1 aliphatic rings. The molecular weight excluding hydrogens is 246 g/mol. The van der Waals surface area contributed by atoms with Crippen molar-refractivity contribution in [3.8, 4) is 0 Å². The molecule has 1 heterocycles. The summed E-state index contributed by atoms with van der Waals surface area (Å²) >= 11 is 0. The van der Waals surface area contributed by atoms with Crippen LogP contribution in [0.2, 0.25) is 0 Å². The van der Waals surface area contributed by atoms with Crippen LogP contribution in [0.1, 0.15) is 24.0 Å². The van der Waals surface area contributed by atoms with Gasteiger partial charge in [0.25, 0.3) is 0 Å². The van der Waals surface area contributed by atoms with E-state index in [0.717, 1.165) is 25.9 Å². The van der Waals surface area contributed by atoms with Crippen molar-refractivity contribution in [2.45, 2.75) is 30.9 Å². The summed E-state index contributed by atoms with van der Waals surface area (Å²) in [6.07, 6.45) is 2.71. The minimum absolute atomic E-state index is 0.215. The fraction of sp³-hybridized carbons (Fsp3) is 0.333. The Balaban J connectivity index is 1.95. The van der Waals surface area contributed by atoms with E-state index in [0.29, 0.717) is 0 Å². The molecular formula is C18H21NO. The molecule has 2 aromatic carbocycles. The highest BCUT2D eigenvalue weighted by Crippen LogP contribution is 2.37. The second-order valence-electron chi connectivity index (χ2n) is 5.62. The van der Waals surface area contributed by atoms with Gasteiger partial charge >= 0.3 is 0 Å². The van der Waals surface area contributed by atoms with Gasteiger partial charge in [-0.05, 0) is 24.0 Å². The summed E-state index contributed by atoms with van der Waals surface area (Å²) in [6.45, 7) is 0.739. The molecule has 1 fully saturated rings. The Labute approximate surface area is 120 Å². The Morgan fingerprint density at radius 3 is 2.30 bits per heavy atom. The fourth-order valence-corrected chi connectivity index (χ4v) is 3.08. The first kappa shape index (κ1) is 13.3. The smallest absolute Gasteiger partial charge is 0.0986 e. The summed E-state index contributed by atoms with van der Waals surface area (Å²) in [5, 5.41) is 0. The molecule has 20 heavy (non-hydrogen) atoms. The van der Waals surface area contributed by atoms with Crippen molar-refractivity contribution in [1.29, 1.82) is 0 Å². The van der Waals surface area contributed by atoms with E-state index in [1.165, 1.54) is 11.1 Å². The lowest BCUT2D eigenvalue weighted by atomic mass is 9.80. The van der Waals surface area contributed by atoms with E-state index in [1.807, 2.05) is 12.1 Å². The molecule has 0 amide bonds. The summed E-state index contributed by atoms with van der Waals surface area (Å²) in [4.78, 5) is 0. The van der Waals surface area contributed by atoms with Crippen LogP contribution in [-0.2, 0) is 16.8 Å². The quantitative estimate of drug-likeness (QED) is 0.926. The Bertz CT molecular complexity index is 540. The molecule has 2 aromatic rings. The normalized spacial score (nSPS) is 26.4.